The topological polar surface area (TPSA) is 90.6 Å². The van der Waals surface area contributed by atoms with Crippen molar-refractivity contribution < 1.29 is 23.8 Å². The molecule has 1 fully saturated rings. The van der Waals surface area contributed by atoms with Crippen LogP contribution in [0, 0.1) is 23.1 Å². The van der Waals surface area contributed by atoms with Crippen LogP contribution in [0.4, 0.5) is 10.1 Å². The summed E-state index contributed by atoms with van der Waals surface area (Å²) in [6.45, 7) is 4.59. The summed E-state index contributed by atoms with van der Waals surface area (Å²) in [6.07, 6.45) is 0. The lowest BCUT2D eigenvalue weighted by molar-refractivity contribution is -0.132. The minimum Gasteiger partial charge on any atom is -0.507 e. The number of ether oxygens (including phenoxy) is 1. The average molecular weight is 471 g/mol. The first-order valence-electron chi connectivity index (χ1n) is 11.1. The number of rotatable bonds is 6. The van der Waals surface area contributed by atoms with Crippen LogP contribution in [-0.2, 0) is 9.59 Å². The van der Waals surface area contributed by atoms with Crippen molar-refractivity contribution in [3.63, 3.8) is 0 Å². The van der Waals surface area contributed by atoms with E-state index in [1.807, 2.05) is 19.9 Å². The number of aliphatic hydroxyl groups excluding tert-OH is 1. The second-order valence-corrected chi connectivity index (χ2v) is 8.61. The van der Waals surface area contributed by atoms with Gasteiger partial charge >= 0.3 is 0 Å². The van der Waals surface area contributed by atoms with E-state index in [0.29, 0.717) is 40.7 Å². The number of halogens is 1. The highest BCUT2D eigenvalue weighted by molar-refractivity contribution is 6.51. The summed E-state index contributed by atoms with van der Waals surface area (Å²) in [7, 11) is 0. The molecule has 1 unspecified atom stereocenters. The Labute approximate surface area is 202 Å². The maximum atomic E-state index is 13.7. The van der Waals surface area contributed by atoms with Crippen molar-refractivity contribution in [3.05, 3.63) is 101 Å². The van der Waals surface area contributed by atoms with Gasteiger partial charge in [-0.25, -0.2) is 4.39 Å². The van der Waals surface area contributed by atoms with Crippen molar-refractivity contribution in [2.24, 2.45) is 5.92 Å². The molecule has 1 atom stereocenters. The first-order valence-corrected chi connectivity index (χ1v) is 11.1. The molecule has 1 heterocycles. The summed E-state index contributed by atoms with van der Waals surface area (Å²) in [5.74, 6) is -1.55. The zero-order valence-corrected chi connectivity index (χ0v) is 19.2. The van der Waals surface area contributed by atoms with Gasteiger partial charge in [0.15, 0.2) is 0 Å². The maximum absolute atomic E-state index is 13.7. The summed E-state index contributed by atoms with van der Waals surface area (Å²) < 4.78 is 19.3. The summed E-state index contributed by atoms with van der Waals surface area (Å²) >= 11 is 0. The SMILES string of the molecule is CC(C)COc1ccc(/C(O)=C2\C(=O)C(=O)N(c3ccc(C#N)cc3)C2c2ccc(F)cc2)cc1. The third-order valence-electron chi connectivity index (χ3n) is 5.62. The predicted octanol–water partition coefficient (Wildman–Crippen LogP) is 5.36. The number of aliphatic hydroxyl groups is 1. The first-order chi connectivity index (χ1) is 16.8. The molecule has 6 nitrogen and oxygen atoms in total. The molecule has 3 aromatic carbocycles. The minimum absolute atomic E-state index is 0.109. The molecule has 1 amide bonds. The fourth-order valence-corrected chi connectivity index (χ4v) is 3.88. The van der Waals surface area contributed by atoms with Crippen LogP contribution in [0.25, 0.3) is 5.76 Å². The largest absolute Gasteiger partial charge is 0.507 e. The predicted molar refractivity (Wildman–Crippen MR) is 129 cm³/mol. The fraction of sp³-hybridized carbons (Fsp3) is 0.179. The van der Waals surface area contributed by atoms with Crippen LogP contribution in [-0.4, -0.2) is 23.4 Å². The molecule has 1 saturated heterocycles. The van der Waals surface area contributed by atoms with E-state index < -0.39 is 23.5 Å². The molecule has 0 bridgehead atoms. The van der Waals surface area contributed by atoms with Gasteiger partial charge in [0, 0.05) is 11.3 Å². The van der Waals surface area contributed by atoms with Gasteiger partial charge in [0.25, 0.3) is 11.7 Å². The lowest BCUT2D eigenvalue weighted by Gasteiger charge is -2.25. The lowest BCUT2D eigenvalue weighted by atomic mass is 9.95. The molecule has 0 saturated carbocycles. The number of amides is 1. The first kappa shape index (κ1) is 23.7. The van der Waals surface area contributed by atoms with Crippen LogP contribution in [0.2, 0.25) is 0 Å². The maximum Gasteiger partial charge on any atom is 0.300 e. The third-order valence-corrected chi connectivity index (χ3v) is 5.62. The number of nitriles is 1. The Morgan fingerprint density at radius 2 is 1.66 bits per heavy atom. The normalized spacial score (nSPS) is 17.0. The molecule has 1 aliphatic heterocycles. The van der Waals surface area contributed by atoms with Gasteiger partial charge in [-0.2, -0.15) is 5.26 Å². The molecule has 4 rings (SSSR count). The fourth-order valence-electron chi connectivity index (χ4n) is 3.88. The molecule has 0 radical (unpaired) electrons. The highest BCUT2D eigenvalue weighted by Gasteiger charge is 2.46. The van der Waals surface area contributed by atoms with E-state index >= 15 is 0 Å². The zero-order chi connectivity index (χ0) is 25.1. The Balaban J connectivity index is 1.81. The van der Waals surface area contributed by atoms with E-state index in [4.69, 9.17) is 10.00 Å². The van der Waals surface area contributed by atoms with Gasteiger partial charge in [-0.05, 0) is 72.1 Å². The summed E-state index contributed by atoms with van der Waals surface area (Å²) in [4.78, 5) is 27.5. The molecular weight excluding hydrogens is 447 g/mol. The number of hydrogen-bond acceptors (Lipinski definition) is 5. The van der Waals surface area contributed by atoms with Crippen molar-refractivity contribution in [2.45, 2.75) is 19.9 Å². The molecule has 1 N–H and O–H groups in total. The number of Topliss-reactive ketones (excluding diaryl/α,β-unsaturated/α-hetero) is 1. The second kappa shape index (κ2) is 9.82. The summed E-state index contributed by atoms with van der Waals surface area (Å²) in [6, 6.07) is 19.2. The molecule has 35 heavy (non-hydrogen) atoms. The van der Waals surface area contributed by atoms with E-state index in [9.17, 15) is 19.1 Å². The standard InChI is InChI=1S/C28H23FN2O4/c1-17(2)16-35-23-13-7-20(8-14-23)26(32)24-25(19-5-9-21(29)10-6-19)31(28(34)27(24)33)22-11-3-18(15-30)4-12-22/h3-14,17,25,32H,16H2,1-2H3/b26-24+. The molecule has 7 heteroatoms. The van der Waals surface area contributed by atoms with Gasteiger partial charge in [-0.15, -0.1) is 0 Å². The highest BCUT2D eigenvalue weighted by atomic mass is 19.1. The van der Waals surface area contributed by atoms with E-state index in [2.05, 4.69) is 0 Å². The van der Waals surface area contributed by atoms with E-state index in [1.54, 1.807) is 36.4 Å². The highest BCUT2D eigenvalue weighted by Crippen LogP contribution is 2.42. The summed E-state index contributed by atoms with van der Waals surface area (Å²) in [5.41, 5.74) is 1.45. The Morgan fingerprint density at radius 1 is 1.03 bits per heavy atom. The van der Waals surface area contributed by atoms with Gasteiger partial charge in [0.2, 0.25) is 0 Å². The van der Waals surface area contributed by atoms with E-state index in [1.165, 1.54) is 41.3 Å². The second-order valence-electron chi connectivity index (χ2n) is 8.61. The van der Waals surface area contributed by atoms with E-state index in [0.717, 1.165) is 0 Å². The minimum atomic E-state index is -0.986. The number of benzene rings is 3. The van der Waals surface area contributed by atoms with Crippen LogP contribution in [0.5, 0.6) is 5.75 Å². The Kier molecular flexibility index (Phi) is 6.65. The van der Waals surface area contributed by atoms with Crippen LogP contribution in [0.15, 0.2) is 78.4 Å². The van der Waals surface area contributed by atoms with Crippen molar-refractivity contribution in [3.8, 4) is 11.8 Å². The van der Waals surface area contributed by atoms with Gasteiger partial charge in [-0.3, -0.25) is 14.5 Å². The molecule has 0 aromatic heterocycles. The van der Waals surface area contributed by atoms with Gasteiger partial charge < -0.3 is 9.84 Å². The van der Waals surface area contributed by atoms with Crippen molar-refractivity contribution in [2.75, 3.05) is 11.5 Å². The van der Waals surface area contributed by atoms with Crippen molar-refractivity contribution in [1.82, 2.24) is 0 Å². The van der Waals surface area contributed by atoms with Gasteiger partial charge in [0.05, 0.1) is 29.9 Å². The number of carbonyl (C=O) groups excluding carboxylic acids is 2. The molecule has 0 aliphatic carbocycles. The Bertz CT molecular complexity index is 1320. The van der Waals surface area contributed by atoms with Gasteiger partial charge in [-0.1, -0.05) is 26.0 Å². The van der Waals surface area contributed by atoms with Crippen molar-refractivity contribution in [1.29, 1.82) is 5.26 Å². The molecule has 1 aliphatic rings. The quantitative estimate of drug-likeness (QED) is 0.298. The average Bonchev–Trinajstić information content (AvgIpc) is 3.13. The van der Waals surface area contributed by atoms with Crippen molar-refractivity contribution >= 4 is 23.1 Å². The van der Waals surface area contributed by atoms with Crippen LogP contribution >= 0.6 is 0 Å². The number of anilines is 1. The monoisotopic (exact) mass is 470 g/mol. The zero-order valence-electron chi connectivity index (χ0n) is 19.2. The Hall–Kier alpha value is -4.44. The number of carbonyl (C=O) groups is 2. The van der Waals surface area contributed by atoms with E-state index in [-0.39, 0.29) is 11.3 Å². The number of ketones is 1. The third kappa shape index (κ3) is 4.78. The lowest BCUT2D eigenvalue weighted by Crippen LogP contribution is -2.29. The van der Waals surface area contributed by atoms with Crippen LogP contribution in [0.3, 0.4) is 0 Å². The Morgan fingerprint density at radius 3 is 2.23 bits per heavy atom. The van der Waals surface area contributed by atoms with Gasteiger partial charge in [0.1, 0.15) is 17.3 Å². The molecule has 176 valence electrons. The smallest absolute Gasteiger partial charge is 0.300 e. The molecule has 3 aromatic rings. The van der Waals surface area contributed by atoms with Crippen LogP contribution < -0.4 is 9.64 Å². The number of nitrogens with zero attached hydrogens (tertiary/aromatic N) is 2. The molecule has 0 spiro atoms. The number of hydrogen-bond donors (Lipinski definition) is 1. The summed E-state index contributed by atoms with van der Waals surface area (Å²) in [5, 5.41) is 20.3. The van der Waals surface area contributed by atoms with Crippen LogP contribution in [0.1, 0.15) is 36.6 Å². The molecular formula is C28H23FN2O4.